The van der Waals surface area contributed by atoms with Gasteiger partial charge in [-0.05, 0) is 12.5 Å². The molecule has 0 aliphatic heterocycles. The summed E-state index contributed by atoms with van der Waals surface area (Å²) in [5, 5.41) is 0. The van der Waals surface area contributed by atoms with E-state index < -0.39 is 12.4 Å². The summed E-state index contributed by atoms with van der Waals surface area (Å²) in [6.45, 7) is 2.04. The molecule has 82 valence electrons. The lowest BCUT2D eigenvalue weighted by Crippen LogP contribution is -2.17. The van der Waals surface area contributed by atoms with Gasteiger partial charge in [-0.25, -0.2) is 4.79 Å². The highest BCUT2D eigenvalue weighted by molar-refractivity contribution is 5.59. The standard InChI is InChI=1S/C11H14O4/c1-9(15-11(12)13-2)14-8-10-6-4-3-5-7-10/h3-7,9H,8H2,1-2H3. The molecule has 0 radical (unpaired) electrons. The zero-order valence-electron chi connectivity index (χ0n) is 8.80. The largest absolute Gasteiger partial charge is 0.510 e. The van der Waals surface area contributed by atoms with E-state index in [-0.39, 0.29) is 0 Å². The van der Waals surface area contributed by atoms with E-state index >= 15 is 0 Å². The fourth-order valence-electron chi connectivity index (χ4n) is 1.01. The number of hydrogen-bond donors (Lipinski definition) is 0. The highest BCUT2D eigenvalue weighted by Gasteiger charge is 2.08. The summed E-state index contributed by atoms with van der Waals surface area (Å²) in [7, 11) is 1.26. The van der Waals surface area contributed by atoms with E-state index in [1.54, 1.807) is 6.92 Å². The van der Waals surface area contributed by atoms with Crippen LogP contribution in [0.5, 0.6) is 0 Å². The Balaban J connectivity index is 2.28. The molecule has 15 heavy (non-hydrogen) atoms. The van der Waals surface area contributed by atoms with Crippen LogP contribution in [0.3, 0.4) is 0 Å². The maximum absolute atomic E-state index is 10.7. The monoisotopic (exact) mass is 210 g/mol. The lowest BCUT2D eigenvalue weighted by Gasteiger charge is -2.12. The van der Waals surface area contributed by atoms with E-state index in [0.29, 0.717) is 6.61 Å². The van der Waals surface area contributed by atoms with E-state index in [1.807, 2.05) is 30.3 Å². The molecule has 0 fully saturated rings. The average molecular weight is 210 g/mol. The van der Waals surface area contributed by atoms with Gasteiger partial charge in [-0.2, -0.15) is 0 Å². The van der Waals surface area contributed by atoms with Gasteiger partial charge in [0.2, 0.25) is 6.29 Å². The van der Waals surface area contributed by atoms with Gasteiger partial charge in [0.05, 0.1) is 13.7 Å². The predicted molar refractivity (Wildman–Crippen MR) is 54.2 cm³/mol. The Labute approximate surface area is 88.8 Å². The highest BCUT2D eigenvalue weighted by atomic mass is 16.8. The minimum absolute atomic E-state index is 0.402. The summed E-state index contributed by atoms with van der Waals surface area (Å²) in [4.78, 5) is 10.7. The van der Waals surface area contributed by atoms with Crippen molar-refractivity contribution >= 4 is 6.16 Å². The van der Waals surface area contributed by atoms with Crippen molar-refractivity contribution in [2.24, 2.45) is 0 Å². The molecule has 0 N–H and O–H groups in total. The Kier molecular flexibility index (Phi) is 4.63. The smallest absolute Gasteiger partial charge is 0.438 e. The van der Waals surface area contributed by atoms with Gasteiger partial charge < -0.3 is 14.2 Å². The molecule has 0 aliphatic rings. The van der Waals surface area contributed by atoms with Crippen LogP contribution in [0.25, 0.3) is 0 Å². The van der Waals surface area contributed by atoms with Crippen LogP contribution in [0.4, 0.5) is 4.79 Å². The molecule has 1 aromatic carbocycles. The molecule has 0 heterocycles. The van der Waals surface area contributed by atoms with Crippen LogP contribution >= 0.6 is 0 Å². The third-order valence-corrected chi connectivity index (χ3v) is 1.76. The molecule has 4 heteroatoms. The SMILES string of the molecule is COC(=O)OC(C)OCc1ccccc1. The van der Waals surface area contributed by atoms with Crippen molar-refractivity contribution in [3.63, 3.8) is 0 Å². The van der Waals surface area contributed by atoms with Gasteiger partial charge in [0.15, 0.2) is 0 Å². The van der Waals surface area contributed by atoms with Gasteiger partial charge in [0, 0.05) is 0 Å². The molecule has 1 aromatic rings. The van der Waals surface area contributed by atoms with Crippen LogP contribution in [-0.4, -0.2) is 19.6 Å². The molecule has 0 saturated carbocycles. The minimum Gasteiger partial charge on any atom is -0.438 e. The molecule has 4 nitrogen and oxygen atoms in total. The Morgan fingerprint density at radius 2 is 2.00 bits per heavy atom. The van der Waals surface area contributed by atoms with Gasteiger partial charge in [-0.3, -0.25) is 0 Å². The summed E-state index contributed by atoms with van der Waals surface area (Å²) in [6.07, 6.45) is -1.35. The maximum Gasteiger partial charge on any atom is 0.510 e. The van der Waals surface area contributed by atoms with E-state index in [2.05, 4.69) is 4.74 Å². The average Bonchev–Trinajstić information content (AvgIpc) is 2.27. The van der Waals surface area contributed by atoms with Gasteiger partial charge in [0.25, 0.3) is 0 Å². The third-order valence-electron chi connectivity index (χ3n) is 1.76. The topological polar surface area (TPSA) is 44.8 Å². The molecule has 1 unspecified atom stereocenters. The molecule has 1 atom stereocenters. The molecule has 0 bridgehead atoms. The van der Waals surface area contributed by atoms with E-state index in [9.17, 15) is 4.79 Å². The zero-order valence-corrected chi connectivity index (χ0v) is 8.80. The normalized spacial score (nSPS) is 11.9. The number of rotatable bonds is 4. The minimum atomic E-state index is -0.740. The first kappa shape index (κ1) is 11.5. The van der Waals surface area contributed by atoms with Gasteiger partial charge in [0.1, 0.15) is 0 Å². The van der Waals surface area contributed by atoms with Crippen LogP contribution in [-0.2, 0) is 20.8 Å². The number of ether oxygens (including phenoxy) is 3. The molecule has 0 saturated heterocycles. The Morgan fingerprint density at radius 1 is 1.33 bits per heavy atom. The fourth-order valence-corrected chi connectivity index (χ4v) is 1.01. The Hall–Kier alpha value is -1.55. The molecule has 0 aromatic heterocycles. The van der Waals surface area contributed by atoms with Crippen molar-refractivity contribution in [3.8, 4) is 0 Å². The zero-order chi connectivity index (χ0) is 11.1. The first-order valence-corrected chi connectivity index (χ1v) is 4.62. The van der Waals surface area contributed by atoms with Crippen LogP contribution in [0.15, 0.2) is 30.3 Å². The Morgan fingerprint density at radius 3 is 2.60 bits per heavy atom. The van der Waals surface area contributed by atoms with Crippen LogP contribution < -0.4 is 0 Å². The second-order valence-electron chi connectivity index (χ2n) is 2.94. The van der Waals surface area contributed by atoms with Crippen LogP contribution in [0, 0.1) is 0 Å². The van der Waals surface area contributed by atoms with Crippen LogP contribution in [0.1, 0.15) is 12.5 Å². The summed E-state index contributed by atoms with van der Waals surface area (Å²) in [6, 6.07) is 9.64. The molecular formula is C11H14O4. The van der Waals surface area contributed by atoms with Crippen molar-refractivity contribution in [1.82, 2.24) is 0 Å². The number of hydrogen-bond acceptors (Lipinski definition) is 4. The lowest BCUT2D eigenvalue weighted by atomic mass is 10.2. The molecular weight excluding hydrogens is 196 g/mol. The number of benzene rings is 1. The number of methoxy groups -OCH3 is 1. The van der Waals surface area contributed by atoms with Gasteiger partial charge >= 0.3 is 6.16 Å². The molecule has 0 amide bonds. The third kappa shape index (κ3) is 4.46. The molecule has 1 rings (SSSR count). The van der Waals surface area contributed by atoms with Crippen molar-refractivity contribution in [1.29, 1.82) is 0 Å². The highest BCUT2D eigenvalue weighted by Crippen LogP contribution is 2.04. The summed E-state index contributed by atoms with van der Waals surface area (Å²) >= 11 is 0. The van der Waals surface area contributed by atoms with Gasteiger partial charge in [-0.1, -0.05) is 30.3 Å². The summed E-state index contributed by atoms with van der Waals surface area (Å²) in [5.74, 6) is 0. The van der Waals surface area contributed by atoms with Crippen molar-refractivity contribution in [2.75, 3.05) is 7.11 Å². The molecule has 0 aliphatic carbocycles. The lowest BCUT2D eigenvalue weighted by molar-refractivity contribution is -0.115. The van der Waals surface area contributed by atoms with Gasteiger partial charge in [-0.15, -0.1) is 0 Å². The van der Waals surface area contributed by atoms with E-state index in [4.69, 9.17) is 9.47 Å². The second-order valence-corrected chi connectivity index (χ2v) is 2.94. The van der Waals surface area contributed by atoms with Crippen molar-refractivity contribution in [3.05, 3.63) is 35.9 Å². The summed E-state index contributed by atoms with van der Waals surface area (Å²) in [5.41, 5.74) is 1.03. The maximum atomic E-state index is 10.7. The summed E-state index contributed by atoms with van der Waals surface area (Å²) < 4.78 is 14.3. The van der Waals surface area contributed by atoms with Crippen LogP contribution in [0.2, 0.25) is 0 Å². The number of carbonyl (C=O) groups is 1. The first-order valence-electron chi connectivity index (χ1n) is 4.62. The van der Waals surface area contributed by atoms with E-state index in [1.165, 1.54) is 7.11 Å². The molecule has 0 spiro atoms. The first-order chi connectivity index (χ1) is 7.22. The fraction of sp³-hybridized carbons (Fsp3) is 0.364. The second kappa shape index (κ2) is 6.03. The van der Waals surface area contributed by atoms with Crippen molar-refractivity contribution < 1.29 is 19.0 Å². The van der Waals surface area contributed by atoms with Crippen molar-refractivity contribution in [2.45, 2.75) is 19.8 Å². The quantitative estimate of drug-likeness (QED) is 0.565. The van der Waals surface area contributed by atoms with E-state index in [0.717, 1.165) is 5.56 Å². The Bertz CT molecular complexity index is 297. The predicted octanol–water partition coefficient (Wildman–Crippen LogP) is 2.33. The number of carbonyl (C=O) groups excluding carboxylic acids is 1.